The Morgan fingerprint density at radius 3 is 2.26 bits per heavy atom. The molecule has 4 heterocycles. The number of rotatable bonds is 17. The van der Waals surface area contributed by atoms with Crippen LogP contribution in [0.5, 0.6) is 34.6 Å². The van der Waals surface area contributed by atoms with Crippen molar-refractivity contribution in [3.05, 3.63) is 195 Å². The molecule has 72 heavy (non-hydrogen) atoms. The van der Waals surface area contributed by atoms with E-state index < -0.39 is 23.4 Å². The topological polar surface area (TPSA) is 171 Å². The highest BCUT2D eigenvalue weighted by molar-refractivity contribution is 6.00. The number of nitrogens with one attached hydrogen (secondary N) is 1. The summed E-state index contributed by atoms with van der Waals surface area (Å²) in [6.07, 6.45) is 7.61. The maximum absolute atomic E-state index is 15.4. The fourth-order valence-corrected chi connectivity index (χ4v) is 9.51. The van der Waals surface area contributed by atoms with Gasteiger partial charge in [0.05, 0.1) is 23.6 Å². The van der Waals surface area contributed by atoms with Crippen LogP contribution in [0.4, 0.5) is 4.39 Å². The first-order chi connectivity index (χ1) is 34.9. The number of phenolic OH excluding ortho intramolecular Hbond substituents is 1. The lowest BCUT2D eigenvalue weighted by atomic mass is 9.77. The third kappa shape index (κ3) is 9.55. The number of benzene rings is 6. The number of hydrogen-bond donors (Lipinski definition) is 3. The van der Waals surface area contributed by atoms with E-state index in [0.717, 1.165) is 55.2 Å². The van der Waals surface area contributed by atoms with E-state index in [-0.39, 0.29) is 35.5 Å². The number of halogens is 1. The maximum Gasteiger partial charge on any atom is 0.340 e. The minimum atomic E-state index is -1.39. The third-order valence-electron chi connectivity index (χ3n) is 13.0. The van der Waals surface area contributed by atoms with Gasteiger partial charge in [0.2, 0.25) is 5.88 Å². The number of aromatic hydroxyl groups is 2. The van der Waals surface area contributed by atoms with Gasteiger partial charge in [-0.1, -0.05) is 74.2 Å². The van der Waals surface area contributed by atoms with Gasteiger partial charge in [0, 0.05) is 66.4 Å². The van der Waals surface area contributed by atoms with Gasteiger partial charge in [-0.3, -0.25) is 14.0 Å². The first-order valence-corrected chi connectivity index (χ1v) is 24.1. The molecule has 2 aromatic heterocycles. The van der Waals surface area contributed by atoms with Crippen LogP contribution in [0.15, 0.2) is 134 Å². The molecule has 2 aliphatic rings. The Morgan fingerprint density at radius 2 is 1.49 bits per heavy atom. The van der Waals surface area contributed by atoms with Crippen molar-refractivity contribution in [2.24, 2.45) is 0 Å². The van der Waals surface area contributed by atoms with Crippen molar-refractivity contribution in [3.8, 4) is 45.9 Å². The fourth-order valence-electron chi connectivity index (χ4n) is 9.51. The number of hydrogen-bond acceptors (Lipinski definition) is 11. The van der Waals surface area contributed by atoms with Gasteiger partial charge in [0.25, 0.3) is 5.91 Å². The molecule has 3 N–H and O–H groups in total. The molecule has 1 spiro atoms. The first-order valence-electron chi connectivity index (χ1n) is 24.1. The van der Waals surface area contributed by atoms with Gasteiger partial charge in [-0.05, 0) is 109 Å². The highest BCUT2D eigenvalue weighted by Gasteiger charge is 2.54. The van der Waals surface area contributed by atoms with Crippen LogP contribution < -0.4 is 19.5 Å². The van der Waals surface area contributed by atoms with Crippen molar-refractivity contribution in [1.29, 1.82) is 0 Å². The molecule has 10 rings (SSSR count). The van der Waals surface area contributed by atoms with Crippen LogP contribution in [0.3, 0.4) is 0 Å². The molecular formula is C58H51FN4O9. The SMILES string of the molecule is CC(=O)Oc1ccc2c(c1)Oc1cc(C)ccc1C21OC(=O)c2ccc(C(=O)NCCCCCCCCOc3ccc(Cc4nc5c(Cc6ccccc6)nc(-c6ccc(O)cc6)cn5c4O)cc3F)cc21. The van der Waals surface area contributed by atoms with Gasteiger partial charge in [0.15, 0.2) is 22.8 Å². The van der Waals surface area contributed by atoms with Crippen LogP contribution in [-0.2, 0) is 28.0 Å². The summed E-state index contributed by atoms with van der Waals surface area (Å²) in [7, 11) is 0. The quantitative estimate of drug-likeness (QED) is 0.0451. The standard InChI is InChI=1S/C58H51FN4O9/c1-35-14-23-44-52(28-35)71-53-33-42(70-36(2)64)21-24-45(53)58(44)46-32-40(18-22-43(46)57(68)72-58)55(66)60-26-10-5-3-4-6-11-27-69-51-25-15-38(29-47(51)59)31-49-56(67)63-34-50(39-16-19-41(65)20-17-39)61-48(54(63)62-49)30-37-12-8-7-9-13-37/h7-9,12-25,28-29,32-34,65,67H,3-6,10-11,26-27,30-31H2,1-2H3,(H,60,66). The summed E-state index contributed by atoms with van der Waals surface area (Å²) >= 11 is 0. The van der Waals surface area contributed by atoms with Crippen molar-refractivity contribution < 1.29 is 47.9 Å². The minimum absolute atomic E-state index is 0.0593. The van der Waals surface area contributed by atoms with Gasteiger partial charge in [-0.2, -0.15) is 0 Å². The number of phenols is 1. The van der Waals surface area contributed by atoms with Crippen LogP contribution >= 0.6 is 0 Å². The summed E-state index contributed by atoms with van der Waals surface area (Å²) in [5.74, 6) is -0.401. The number of aryl methyl sites for hydroxylation is 1. The Balaban J connectivity index is 0.700. The summed E-state index contributed by atoms with van der Waals surface area (Å²) in [4.78, 5) is 48.4. The molecular weight excluding hydrogens is 916 g/mol. The average Bonchev–Trinajstić information content (AvgIpc) is 3.84. The van der Waals surface area contributed by atoms with Crippen LogP contribution in [0.2, 0.25) is 0 Å². The van der Waals surface area contributed by atoms with E-state index in [1.54, 1.807) is 83.4 Å². The Kier molecular flexibility index (Phi) is 13.1. The lowest BCUT2D eigenvalue weighted by molar-refractivity contribution is -0.131. The number of fused-ring (bicyclic) bond motifs is 7. The normalized spacial score (nSPS) is 14.3. The highest BCUT2D eigenvalue weighted by atomic mass is 19.1. The summed E-state index contributed by atoms with van der Waals surface area (Å²) < 4.78 is 40.7. The van der Waals surface area contributed by atoms with Crippen LogP contribution in [-0.4, -0.2) is 55.6 Å². The van der Waals surface area contributed by atoms with Gasteiger partial charge in [0.1, 0.15) is 28.7 Å². The third-order valence-corrected chi connectivity index (χ3v) is 13.0. The molecule has 364 valence electrons. The summed E-state index contributed by atoms with van der Waals surface area (Å²) in [5, 5.41) is 24.3. The molecule has 8 aromatic rings. The molecule has 1 unspecified atom stereocenters. The molecule has 1 amide bonds. The smallest absolute Gasteiger partial charge is 0.340 e. The second kappa shape index (κ2) is 20.1. The zero-order valence-electron chi connectivity index (χ0n) is 39.7. The van der Waals surface area contributed by atoms with Crippen molar-refractivity contribution >= 4 is 23.5 Å². The van der Waals surface area contributed by atoms with Gasteiger partial charge >= 0.3 is 11.9 Å². The summed E-state index contributed by atoms with van der Waals surface area (Å²) in [6, 6.07) is 36.9. The molecule has 2 aliphatic heterocycles. The Hall–Kier alpha value is -8.52. The second-order valence-corrected chi connectivity index (χ2v) is 18.2. The van der Waals surface area contributed by atoms with E-state index in [2.05, 4.69) is 5.32 Å². The van der Waals surface area contributed by atoms with E-state index >= 15 is 4.39 Å². The Labute approximate surface area is 414 Å². The molecule has 0 bridgehead atoms. The van der Waals surface area contributed by atoms with Crippen molar-refractivity contribution in [3.63, 3.8) is 0 Å². The van der Waals surface area contributed by atoms with Crippen molar-refractivity contribution in [2.45, 2.75) is 70.8 Å². The number of carbonyl (C=O) groups is 3. The van der Waals surface area contributed by atoms with Gasteiger partial charge in [-0.25, -0.2) is 19.2 Å². The summed E-state index contributed by atoms with van der Waals surface area (Å²) in [5.41, 5.74) is 6.52. The zero-order valence-corrected chi connectivity index (χ0v) is 39.7. The Bertz CT molecular complexity index is 3370. The predicted octanol–water partition coefficient (Wildman–Crippen LogP) is 11.1. The maximum atomic E-state index is 15.4. The molecule has 0 saturated heterocycles. The number of esters is 2. The Morgan fingerprint density at radius 1 is 0.750 bits per heavy atom. The highest BCUT2D eigenvalue weighted by Crippen LogP contribution is 2.57. The van der Waals surface area contributed by atoms with Gasteiger partial charge < -0.3 is 34.5 Å². The van der Waals surface area contributed by atoms with Crippen LogP contribution in [0.1, 0.15) is 111 Å². The second-order valence-electron chi connectivity index (χ2n) is 18.2. The van der Waals surface area contributed by atoms with Crippen LogP contribution in [0, 0.1) is 12.7 Å². The molecule has 0 radical (unpaired) electrons. The number of aromatic nitrogens is 3. The average molecular weight is 967 g/mol. The molecule has 0 aliphatic carbocycles. The van der Waals surface area contributed by atoms with E-state index in [9.17, 15) is 24.6 Å². The molecule has 13 nitrogen and oxygen atoms in total. The van der Waals surface area contributed by atoms with E-state index in [0.29, 0.717) is 87.2 Å². The number of nitrogens with zero attached hydrogens (tertiary/aromatic N) is 3. The molecule has 14 heteroatoms. The van der Waals surface area contributed by atoms with Crippen molar-refractivity contribution in [1.82, 2.24) is 19.7 Å². The molecule has 0 fully saturated rings. The fraction of sp³-hybridized carbons (Fsp3) is 0.224. The largest absolute Gasteiger partial charge is 0.508 e. The number of amides is 1. The summed E-state index contributed by atoms with van der Waals surface area (Å²) in [6.45, 7) is 4.07. The van der Waals surface area contributed by atoms with E-state index in [4.69, 9.17) is 28.9 Å². The number of ether oxygens (including phenoxy) is 4. The van der Waals surface area contributed by atoms with E-state index in [1.165, 1.54) is 13.0 Å². The predicted molar refractivity (Wildman–Crippen MR) is 266 cm³/mol. The minimum Gasteiger partial charge on any atom is -0.508 e. The molecule has 1 atom stereocenters. The first kappa shape index (κ1) is 47.2. The van der Waals surface area contributed by atoms with Gasteiger partial charge in [-0.15, -0.1) is 0 Å². The monoisotopic (exact) mass is 966 g/mol. The number of imidazole rings is 1. The zero-order chi connectivity index (χ0) is 49.9. The molecule has 6 aromatic carbocycles. The van der Waals surface area contributed by atoms with Crippen LogP contribution in [0.25, 0.3) is 16.9 Å². The molecule has 0 saturated carbocycles. The lowest BCUT2D eigenvalue weighted by Gasteiger charge is -2.36. The number of carbonyl (C=O) groups excluding carboxylic acids is 3. The van der Waals surface area contributed by atoms with E-state index in [1.807, 2.05) is 55.5 Å². The van der Waals surface area contributed by atoms with Crippen molar-refractivity contribution in [2.75, 3.05) is 13.2 Å². The number of unbranched alkanes of at least 4 members (excludes halogenated alkanes) is 5. The lowest BCUT2D eigenvalue weighted by Crippen LogP contribution is -2.33.